The Morgan fingerprint density at radius 3 is 2.56 bits per heavy atom. The van der Waals surface area contributed by atoms with E-state index in [1.165, 1.54) is 10.5 Å². The van der Waals surface area contributed by atoms with Gasteiger partial charge in [0.2, 0.25) is 0 Å². The molecular formula is C21H25N3O3. The highest BCUT2D eigenvalue weighted by atomic mass is 16.5. The molecule has 6 heteroatoms. The first kappa shape index (κ1) is 19.0. The van der Waals surface area contributed by atoms with Crippen molar-refractivity contribution in [2.75, 3.05) is 33.8 Å². The van der Waals surface area contributed by atoms with Gasteiger partial charge in [-0.1, -0.05) is 30.3 Å². The van der Waals surface area contributed by atoms with E-state index in [1.807, 2.05) is 24.3 Å². The molecule has 27 heavy (non-hydrogen) atoms. The quantitative estimate of drug-likeness (QED) is 0.829. The molecule has 1 aliphatic rings. The van der Waals surface area contributed by atoms with Gasteiger partial charge in [0.05, 0.1) is 18.7 Å². The zero-order valence-electron chi connectivity index (χ0n) is 16.0. The highest BCUT2D eigenvalue weighted by Crippen LogP contribution is 2.21. The Kier molecular flexibility index (Phi) is 5.56. The van der Waals surface area contributed by atoms with Gasteiger partial charge in [-0.3, -0.25) is 14.6 Å². The summed E-state index contributed by atoms with van der Waals surface area (Å²) < 4.78 is 5.69. The lowest BCUT2D eigenvalue weighted by Gasteiger charge is -2.40. The number of likely N-dealkylation sites (N-methyl/N-ethyl adjacent to an activating group) is 1. The maximum atomic E-state index is 12.9. The molecule has 142 valence electrons. The number of nitrogens with zero attached hydrogens (tertiary/aromatic N) is 3. The van der Waals surface area contributed by atoms with Crippen molar-refractivity contribution in [3.8, 4) is 0 Å². The molecule has 1 atom stereocenters. The molecule has 0 unspecified atom stereocenters. The Morgan fingerprint density at radius 1 is 1.19 bits per heavy atom. The topological polar surface area (TPSA) is 62.7 Å². The summed E-state index contributed by atoms with van der Waals surface area (Å²) in [5.41, 5.74) is 1.59. The maximum absolute atomic E-state index is 12.9. The molecule has 2 amide bonds. The van der Waals surface area contributed by atoms with Gasteiger partial charge in [-0.2, -0.15) is 0 Å². The van der Waals surface area contributed by atoms with Crippen LogP contribution in [0.5, 0.6) is 0 Å². The van der Waals surface area contributed by atoms with E-state index in [0.717, 1.165) is 12.1 Å². The van der Waals surface area contributed by atoms with E-state index < -0.39 is 5.60 Å². The van der Waals surface area contributed by atoms with Crippen molar-refractivity contribution < 1.29 is 14.3 Å². The Labute approximate surface area is 159 Å². The van der Waals surface area contributed by atoms with E-state index in [9.17, 15) is 9.59 Å². The van der Waals surface area contributed by atoms with Gasteiger partial charge in [0.15, 0.2) is 5.60 Å². The highest BCUT2D eigenvalue weighted by molar-refractivity contribution is 5.95. The summed E-state index contributed by atoms with van der Waals surface area (Å²) in [5, 5.41) is 0. The predicted octanol–water partition coefficient (Wildman–Crippen LogP) is 1.99. The molecule has 1 aromatic carbocycles. The number of benzene rings is 1. The van der Waals surface area contributed by atoms with Crippen molar-refractivity contribution in [3.63, 3.8) is 0 Å². The van der Waals surface area contributed by atoms with Crippen LogP contribution in [0.1, 0.15) is 28.5 Å². The number of amides is 2. The molecule has 1 fully saturated rings. The molecule has 1 aliphatic heterocycles. The van der Waals surface area contributed by atoms with Gasteiger partial charge in [0, 0.05) is 39.0 Å². The van der Waals surface area contributed by atoms with E-state index in [1.54, 1.807) is 38.2 Å². The minimum Gasteiger partial charge on any atom is -0.362 e. The van der Waals surface area contributed by atoms with Gasteiger partial charge in [-0.25, -0.2) is 0 Å². The number of hydrogen-bond donors (Lipinski definition) is 0. The third-order valence-electron chi connectivity index (χ3n) is 4.72. The van der Waals surface area contributed by atoms with Crippen LogP contribution in [0.2, 0.25) is 0 Å². The van der Waals surface area contributed by atoms with E-state index in [4.69, 9.17) is 4.74 Å². The molecule has 0 spiro atoms. The van der Waals surface area contributed by atoms with Gasteiger partial charge in [0.1, 0.15) is 0 Å². The first-order valence-corrected chi connectivity index (χ1v) is 9.03. The smallest absolute Gasteiger partial charge is 0.255 e. The summed E-state index contributed by atoms with van der Waals surface area (Å²) in [4.78, 5) is 32.8. The van der Waals surface area contributed by atoms with Crippen molar-refractivity contribution in [3.05, 3.63) is 65.5 Å². The zero-order chi connectivity index (χ0) is 19.4. The van der Waals surface area contributed by atoms with Crippen LogP contribution in [-0.2, 0) is 16.0 Å². The van der Waals surface area contributed by atoms with Crippen LogP contribution in [0.4, 0.5) is 0 Å². The Morgan fingerprint density at radius 2 is 1.93 bits per heavy atom. The number of pyridine rings is 1. The largest absolute Gasteiger partial charge is 0.362 e. The first-order valence-electron chi connectivity index (χ1n) is 9.03. The minimum atomic E-state index is -1.02. The van der Waals surface area contributed by atoms with E-state index >= 15 is 0 Å². The SMILES string of the molecule is CN(C)C(=O)[C@]1(C)CN(C(=O)c2ccc(Cc3ccccc3)nc2)CCO1. The molecule has 2 aromatic rings. The lowest BCUT2D eigenvalue weighted by molar-refractivity contribution is -0.162. The third kappa shape index (κ3) is 4.34. The van der Waals surface area contributed by atoms with Crippen molar-refractivity contribution in [1.29, 1.82) is 0 Å². The minimum absolute atomic E-state index is 0.130. The second-order valence-corrected chi connectivity index (χ2v) is 7.21. The maximum Gasteiger partial charge on any atom is 0.255 e. The van der Waals surface area contributed by atoms with Crippen LogP contribution in [0.3, 0.4) is 0 Å². The van der Waals surface area contributed by atoms with Crippen molar-refractivity contribution >= 4 is 11.8 Å². The number of ether oxygens (including phenoxy) is 1. The fourth-order valence-electron chi connectivity index (χ4n) is 3.29. The molecule has 1 saturated heterocycles. The summed E-state index contributed by atoms with van der Waals surface area (Å²) in [5.74, 6) is -0.272. The highest BCUT2D eigenvalue weighted by Gasteiger charge is 2.41. The molecule has 0 radical (unpaired) electrons. The van der Waals surface area contributed by atoms with Crippen LogP contribution in [-0.4, -0.2) is 66.0 Å². The fourth-order valence-corrected chi connectivity index (χ4v) is 3.29. The summed E-state index contributed by atoms with van der Waals surface area (Å²) in [6.07, 6.45) is 2.34. The molecule has 0 N–H and O–H groups in total. The fraction of sp³-hybridized carbons (Fsp3) is 0.381. The molecule has 6 nitrogen and oxygen atoms in total. The van der Waals surface area contributed by atoms with Crippen molar-refractivity contribution in [2.45, 2.75) is 18.9 Å². The molecule has 1 aromatic heterocycles. The van der Waals surface area contributed by atoms with Crippen molar-refractivity contribution in [1.82, 2.24) is 14.8 Å². The van der Waals surface area contributed by atoms with Crippen LogP contribution >= 0.6 is 0 Å². The second-order valence-electron chi connectivity index (χ2n) is 7.21. The lowest BCUT2D eigenvalue weighted by Crippen LogP contribution is -2.59. The first-order chi connectivity index (χ1) is 12.9. The van der Waals surface area contributed by atoms with Gasteiger partial charge in [-0.05, 0) is 24.6 Å². The van der Waals surface area contributed by atoms with Crippen LogP contribution in [0.25, 0.3) is 0 Å². The van der Waals surface area contributed by atoms with E-state index in [0.29, 0.717) is 18.7 Å². The average molecular weight is 367 g/mol. The third-order valence-corrected chi connectivity index (χ3v) is 4.72. The monoisotopic (exact) mass is 367 g/mol. The molecule has 3 rings (SSSR count). The molecule has 0 aliphatic carbocycles. The van der Waals surface area contributed by atoms with Gasteiger partial charge in [0.25, 0.3) is 11.8 Å². The summed E-state index contributed by atoms with van der Waals surface area (Å²) >= 11 is 0. The number of hydrogen-bond acceptors (Lipinski definition) is 4. The lowest BCUT2D eigenvalue weighted by atomic mass is 10.0. The number of aromatic nitrogens is 1. The molecule has 2 heterocycles. The average Bonchev–Trinajstić information content (AvgIpc) is 2.68. The van der Waals surface area contributed by atoms with Gasteiger partial charge >= 0.3 is 0 Å². The van der Waals surface area contributed by atoms with Crippen molar-refractivity contribution in [2.24, 2.45) is 0 Å². The standard InChI is InChI=1S/C21H25N3O3/c1-21(20(26)23(2)3)15-24(11-12-27-21)19(25)17-9-10-18(22-14-17)13-16-7-5-4-6-8-16/h4-10,14H,11-13,15H2,1-3H3/t21-/m0/s1. The Balaban J connectivity index is 1.69. The predicted molar refractivity (Wildman–Crippen MR) is 102 cm³/mol. The van der Waals surface area contributed by atoms with Gasteiger partial charge < -0.3 is 14.5 Å². The zero-order valence-corrected chi connectivity index (χ0v) is 16.0. The summed E-state index contributed by atoms with van der Waals surface area (Å²) in [6, 6.07) is 13.8. The summed E-state index contributed by atoms with van der Waals surface area (Å²) in [7, 11) is 3.38. The molecule has 0 saturated carbocycles. The number of rotatable bonds is 4. The van der Waals surface area contributed by atoms with Crippen LogP contribution in [0, 0.1) is 0 Å². The number of carbonyl (C=O) groups excluding carboxylic acids is 2. The molecule has 0 bridgehead atoms. The van der Waals surface area contributed by atoms with E-state index in [2.05, 4.69) is 17.1 Å². The molecular weight excluding hydrogens is 342 g/mol. The second kappa shape index (κ2) is 7.88. The van der Waals surface area contributed by atoms with E-state index in [-0.39, 0.29) is 18.4 Å². The van der Waals surface area contributed by atoms with Crippen LogP contribution < -0.4 is 0 Å². The number of carbonyl (C=O) groups is 2. The summed E-state index contributed by atoms with van der Waals surface area (Å²) in [6.45, 7) is 2.76. The van der Waals surface area contributed by atoms with Gasteiger partial charge in [-0.15, -0.1) is 0 Å². The Hall–Kier alpha value is -2.73. The number of morpholine rings is 1. The Bertz CT molecular complexity index is 805. The van der Waals surface area contributed by atoms with Crippen LogP contribution in [0.15, 0.2) is 48.7 Å². The normalized spacial score (nSPS) is 19.6.